The zero-order chi connectivity index (χ0) is 11.1. The van der Waals surface area contributed by atoms with Crippen LogP contribution >= 0.6 is 0 Å². The summed E-state index contributed by atoms with van der Waals surface area (Å²) in [6.45, 7) is 0. The summed E-state index contributed by atoms with van der Waals surface area (Å²) in [5.74, 6) is 0. The second-order valence-corrected chi connectivity index (χ2v) is 3.71. The molecule has 1 nitrogen and oxygen atoms in total. The van der Waals surface area contributed by atoms with E-state index >= 15 is 0 Å². The van der Waals surface area contributed by atoms with Crippen LogP contribution in [0.25, 0.3) is 6.08 Å². The number of pyridine rings is 1. The molecule has 0 N–H and O–H groups in total. The van der Waals surface area contributed by atoms with Crippen molar-refractivity contribution in [2.75, 3.05) is 0 Å². The van der Waals surface area contributed by atoms with Gasteiger partial charge in [-0.2, -0.15) is 0 Å². The van der Waals surface area contributed by atoms with Crippen molar-refractivity contribution in [2.45, 2.75) is 12.8 Å². The molecular formula is C15H15N. The van der Waals surface area contributed by atoms with Gasteiger partial charge >= 0.3 is 0 Å². The average molecular weight is 209 g/mol. The van der Waals surface area contributed by atoms with Gasteiger partial charge in [0.15, 0.2) is 0 Å². The van der Waals surface area contributed by atoms with Gasteiger partial charge in [0.2, 0.25) is 0 Å². The molecule has 0 saturated carbocycles. The normalized spacial score (nSPS) is 10.8. The second kappa shape index (κ2) is 5.86. The molecule has 1 aromatic heterocycles. The van der Waals surface area contributed by atoms with Gasteiger partial charge in [0.1, 0.15) is 0 Å². The Hall–Kier alpha value is -1.89. The molecule has 1 aromatic carbocycles. The summed E-state index contributed by atoms with van der Waals surface area (Å²) >= 11 is 0. The molecule has 2 rings (SSSR count). The van der Waals surface area contributed by atoms with E-state index in [0.29, 0.717) is 0 Å². The first-order valence-corrected chi connectivity index (χ1v) is 5.55. The number of benzene rings is 1. The molecule has 0 atom stereocenters. The van der Waals surface area contributed by atoms with Crippen molar-refractivity contribution in [2.24, 2.45) is 0 Å². The summed E-state index contributed by atoms with van der Waals surface area (Å²) in [5, 5.41) is 0. The first-order valence-electron chi connectivity index (χ1n) is 5.55. The fraction of sp³-hybridized carbons (Fsp3) is 0.133. The maximum absolute atomic E-state index is 4.07. The van der Waals surface area contributed by atoms with E-state index in [1.807, 2.05) is 12.3 Å². The van der Waals surface area contributed by atoms with Crippen molar-refractivity contribution in [1.82, 2.24) is 4.98 Å². The smallest absolute Gasteiger partial charge is 0.0340 e. The second-order valence-electron chi connectivity index (χ2n) is 3.71. The lowest BCUT2D eigenvalue weighted by Crippen LogP contribution is -1.81. The van der Waals surface area contributed by atoms with Crippen LogP contribution in [0.3, 0.4) is 0 Å². The summed E-state index contributed by atoms with van der Waals surface area (Å²) in [7, 11) is 0. The minimum atomic E-state index is 1.07. The lowest BCUT2D eigenvalue weighted by atomic mass is 10.1. The summed E-state index contributed by atoms with van der Waals surface area (Å²) < 4.78 is 0. The third kappa shape index (κ3) is 3.35. The van der Waals surface area contributed by atoms with Crippen LogP contribution in [0.5, 0.6) is 0 Å². The van der Waals surface area contributed by atoms with Crippen molar-refractivity contribution in [1.29, 1.82) is 0 Å². The number of hydrogen-bond acceptors (Lipinski definition) is 1. The molecule has 80 valence electrons. The standard InChI is InChI=1S/C15H15N/c1-2-7-14(8-3-1)9-4-5-10-15-11-6-12-16-13-15/h1-3,5-8,10-13H,4,9H2. The number of aryl methyl sites for hydroxylation is 1. The molecule has 0 fully saturated rings. The zero-order valence-electron chi connectivity index (χ0n) is 9.21. The van der Waals surface area contributed by atoms with E-state index < -0.39 is 0 Å². The third-order valence-corrected chi connectivity index (χ3v) is 2.44. The van der Waals surface area contributed by atoms with Crippen LogP contribution in [0.1, 0.15) is 17.5 Å². The molecule has 16 heavy (non-hydrogen) atoms. The molecule has 0 aliphatic carbocycles. The Morgan fingerprint density at radius 1 is 1.00 bits per heavy atom. The Balaban J connectivity index is 1.83. The van der Waals surface area contributed by atoms with Crippen LogP contribution < -0.4 is 0 Å². The molecule has 1 heterocycles. The molecular weight excluding hydrogens is 194 g/mol. The van der Waals surface area contributed by atoms with E-state index in [-0.39, 0.29) is 0 Å². The van der Waals surface area contributed by atoms with E-state index in [2.05, 4.69) is 53.5 Å². The Morgan fingerprint density at radius 3 is 2.62 bits per heavy atom. The van der Waals surface area contributed by atoms with Gasteiger partial charge in [-0.25, -0.2) is 0 Å². The van der Waals surface area contributed by atoms with Gasteiger partial charge < -0.3 is 0 Å². The minimum Gasteiger partial charge on any atom is -0.264 e. The highest BCUT2D eigenvalue weighted by Gasteiger charge is 1.88. The topological polar surface area (TPSA) is 12.9 Å². The van der Waals surface area contributed by atoms with Crippen LogP contribution in [0.2, 0.25) is 0 Å². The van der Waals surface area contributed by atoms with Gasteiger partial charge in [-0.3, -0.25) is 4.98 Å². The molecule has 0 radical (unpaired) electrons. The Morgan fingerprint density at radius 2 is 1.88 bits per heavy atom. The van der Waals surface area contributed by atoms with Crippen molar-refractivity contribution in [3.05, 3.63) is 72.1 Å². The van der Waals surface area contributed by atoms with E-state index in [1.165, 1.54) is 5.56 Å². The van der Waals surface area contributed by atoms with Crippen LogP contribution in [0, 0.1) is 0 Å². The van der Waals surface area contributed by atoms with Crippen molar-refractivity contribution >= 4 is 6.08 Å². The lowest BCUT2D eigenvalue weighted by Gasteiger charge is -1.96. The Bertz CT molecular complexity index is 432. The molecule has 0 bridgehead atoms. The highest BCUT2D eigenvalue weighted by atomic mass is 14.6. The predicted octanol–water partition coefficient (Wildman–Crippen LogP) is 3.73. The summed E-state index contributed by atoms with van der Waals surface area (Å²) in [5.41, 5.74) is 2.55. The lowest BCUT2D eigenvalue weighted by molar-refractivity contribution is 1.01. The third-order valence-electron chi connectivity index (χ3n) is 2.44. The highest BCUT2D eigenvalue weighted by molar-refractivity contribution is 5.47. The summed E-state index contributed by atoms with van der Waals surface area (Å²) in [6, 6.07) is 14.6. The van der Waals surface area contributed by atoms with Gasteiger partial charge in [-0.15, -0.1) is 0 Å². The number of rotatable bonds is 4. The van der Waals surface area contributed by atoms with Gasteiger partial charge in [-0.1, -0.05) is 48.6 Å². The van der Waals surface area contributed by atoms with Gasteiger partial charge in [0.25, 0.3) is 0 Å². The molecule has 0 aliphatic rings. The molecule has 0 aliphatic heterocycles. The monoisotopic (exact) mass is 209 g/mol. The first kappa shape index (κ1) is 10.6. The maximum atomic E-state index is 4.07. The fourth-order valence-electron chi connectivity index (χ4n) is 1.59. The molecule has 0 unspecified atom stereocenters. The van der Waals surface area contributed by atoms with Crippen molar-refractivity contribution in [3.63, 3.8) is 0 Å². The van der Waals surface area contributed by atoms with Crippen molar-refractivity contribution < 1.29 is 0 Å². The quantitative estimate of drug-likeness (QED) is 0.747. The molecule has 2 aromatic rings. The van der Waals surface area contributed by atoms with Gasteiger partial charge in [0, 0.05) is 12.4 Å². The van der Waals surface area contributed by atoms with Gasteiger partial charge in [0.05, 0.1) is 0 Å². The Kier molecular flexibility index (Phi) is 3.89. The maximum Gasteiger partial charge on any atom is 0.0340 e. The number of aromatic nitrogens is 1. The van der Waals surface area contributed by atoms with Crippen LogP contribution in [-0.2, 0) is 6.42 Å². The highest BCUT2D eigenvalue weighted by Crippen LogP contribution is 2.05. The summed E-state index contributed by atoms with van der Waals surface area (Å²) in [4.78, 5) is 4.07. The molecule has 0 amide bonds. The van der Waals surface area contributed by atoms with E-state index in [1.54, 1.807) is 6.20 Å². The molecule has 1 heteroatoms. The summed E-state index contributed by atoms with van der Waals surface area (Å²) in [6.07, 6.45) is 10.1. The minimum absolute atomic E-state index is 1.07. The molecule has 0 saturated heterocycles. The van der Waals surface area contributed by atoms with E-state index in [0.717, 1.165) is 18.4 Å². The Labute approximate surface area is 96.5 Å². The fourth-order valence-corrected chi connectivity index (χ4v) is 1.59. The largest absolute Gasteiger partial charge is 0.264 e. The number of nitrogens with zero attached hydrogens (tertiary/aromatic N) is 1. The molecule has 0 spiro atoms. The number of hydrogen-bond donors (Lipinski definition) is 0. The van der Waals surface area contributed by atoms with Gasteiger partial charge in [-0.05, 0) is 30.0 Å². The van der Waals surface area contributed by atoms with Crippen LogP contribution in [-0.4, -0.2) is 4.98 Å². The van der Waals surface area contributed by atoms with Crippen molar-refractivity contribution in [3.8, 4) is 0 Å². The zero-order valence-corrected chi connectivity index (χ0v) is 9.21. The first-order chi connectivity index (χ1) is 7.95. The number of allylic oxidation sites excluding steroid dienone is 1. The average Bonchev–Trinajstić information content (AvgIpc) is 2.37. The SMILES string of the molecule is C(=Cc1cccnc1)CCc1ccccc1. The van der Waals surface area contributed by atoms with Crippen LogP contribution in [0.15, 0.2) is 60.9 Å². The van der Waals surface area contributed by atoms with Crippen LogP contribution in [0.4, 0.5) is 0 Å². The predicted molar refractivity (Wildman–Crippen MR) is 68.0 cm³/mol. The van der Waals surface area contributed by atoms with E-state index in [9.17, 15) is 0 Å². The van der Waals surface area contributed by atoms with E-state index in [4.69, 9.17) is 0 Å².